The zero-order valence-corrected chi connectivity index (χ0v) is 56.8. The van der Waals surface area contributed by atoms with Crippen LogP contribution in [0, 0.1) is 17.5 Å². The lowest BCUT2D eigenvalue weighted by Gasteiger charge is -2.35. The van der Waals surface area contributed by atoms with Gasteiger partial charge in [0.15, 0.2) is 0 Å². The fourth-order valence-electron chi connectivity index (χ4n) is 10.0. The van der Waals surface area contributed by atoms with E-state index in [9.17, 15) is 52.8 Å². The predicted molar refractivity (Wildman–Crippen MR) is 353 cm³/mol. The minimum absolute atomic E-state index is 0.136. The SMILES string of the molecule is CN1C(C(=O)Nc2ccc(F)c(Cl)c2)CC(c2ccc(-c3cnn(C)c3)s2)NS1(=O)=O.CN1[C@@H](C(=O)Nc2ccc(F)c(Cl)c2)C[C@@H](c2ccc(-c3cnn(C)c3)s2)NS1(=O)=O.CN1[C@H](C(=O)Nc2ccc(F)c(Cl)c2)C[C@H](c2ccc(-c3cnn(C)c3)s2)NS1(=O)=O. The Labute approximate surface area is 559 Å². The highest BCUT2D eigenvalue weighted by Gasteiger charge is 2.44. The summed E-state index contributed by atoms with van der Waals surface area (Å²) in [4.78, 5) is 43.8. The molecule has 9 heterocycles. The molecule has 0 saturated carbocycles. The van der Waals surface area contributed by atoms with Gasteiger partial charge in [-0.25, -0.2) is 13.2 Å². The number of carbonyl (C=O) groups excluding carboxylic acids is 3. The molecular formula is C57H57Cl3F3N15O9S6. The molecule has 24 nitrogen and oxygen atoms in total. The van der Waals surface area contributed by atoms with Gasteiger partial charge in [-0.15, -0.1) is 34.0 Å². The van der Waals surface area contributed by atoms with Crippen molar-refractivity contribution in [2.24, 2.45) is 21.1 Å². The monoisotopic (exact) mass is 1450 g/mol. The van der Waals surface area contributed by atoms with E-state index in [-0.39, 0.29) is 51.4 Å². The van der Waals surface area contributed by atoms with Gasteiger partial charge in [0.05, 0.1) is 51.8 Å². The van der Waals surface area contributed by atoms with Crippen LogP contribution in [0.25, 0.3) is 31.3 Å². The lowest BCUT2D eigenvalue weighted by atomic mass is 10.1. The van der Waals surface area contributed by atoms with Crippen LogP contribution in [-0.4, -0.2) is 125 Å². The lowest BCUT2D eigenvalue weighted by molar-refractivity contribution is -0.120. The number of aryl methyl sites for hydroxylation is 3. The van der Waals surface area contributed by atoms with Gasteiger partial charge in [-0.1, -0.05) is 34.8 Å². The zero-order chi connectivity index (χ0) is 67.0. The van der Waals surface area contributed by atoms with Gasteiger partial charge >= 0.3 is 0 Å². The van der Waals surface area contributed by atoms with Gasteiger partial charge in [-0.05, 0) is 110 Å². The summed E-state index contributed by atoms with van der Waals surface area (Å²) in [6.07, 6.45) is 11.5. The first-order chi connectivity index (χ1) is 43.9. The highest BCUT2D eigenvalue weighted by atomic mass is 35.5. The second-order valence-electron chi connectivity index (χ2n) is 21.5. The largest absolute Gasteiger partial charge is 0.325 e. The summed E-state index contributed by atoms with van der Waals surface area (Å²) in [5.74, 6) is -3.40. The number of halogens is 6. The molecular weight excluding hydrogens is 1390 g/mol. The van der Waals surface area contributed by atoms with Crippen LogP contribution >= 0.6 is 68.8 Å². The Bertz CT molecular complexity index is 4190. The van der Waals surface area contributed by atoms with Crippen molar-refractivity contribution < 1.29 is 52.8 Å². The van der Waals surface area contributed by atoms with Crippen LogP contribution in [-0.2, 0) is 66.2 Å². The summed E-state index contributed by atoms with van der Waals surface area (Å²) < 4.78 is 132. The normalized spacial score (nSPS) is 21.2. The fourth-order valence-corrected chi connectivity index (χ4v) is 17.7. The molecule has 2 unspecified atom stereocenters. The van der Waals surface area contributed by atoms with E-state index >= 15 is 0 Å². The molecule has 93 heavy (non-hydrogen) atoms. The molecule has 9 aromatic rings. The van der Waals surface area contributed by atoms with Gasteiger partial charge in [0.2, 0.25) is 17.7 Å². The van der Waals surface area contributed by atoms with Crippen molar-refractivity contribution in [3.8, 4) is 31.3 Å². The Morgan fingerprint density at radius 3 is 0.925 bits per heavy atom. The van der Waals surface area contributed by atoms with Crippen LogP contribution in [0.5, 0.6) is 0 Å². The number of benzene rings is 3. The van der Waals surface area contributed by atoms with Crippen LogP contribution in [0.3, 0.4) is 0 Å². The molecule has 36 heteroatoms. The van der Waals surface area contributed by atoms with Crippen molar-refractivity contribution in [1.29, 1.82) is 0 Å². The number of likely N-dealkylation sites (N-methyl/N-ethyl adjacent to an activating group) is 3. The Morgan fingerprint density at radius 2 is 0.699 bits per heavy atom. The second kappa shape index (κ2) is 28.2. The van der Waals surface area contributed by atoms with E-state index in [0.29, 0.717) is 0 Å². The Kier molecular flexibility index (Phi) is 20.9. The van der Waals surface area contributed by atoms with Crippen LogP contribution < -0.4 is 30.1 Å². The Balaban J connectivity index is 0.000000153. The summed E-state index contributed by atoms with van der Waals surface area (Å²) in [6, 6.07) is 18.0. The molecule has 0 bridgehead atoms. The number of amides is 3. The number of nitrogens with zero attached hydrogens (tertiary/aromatic N) is 9. The smallest absolute Gasteiger partial charge is 0.280 e. The third-order valence-electron chi connectivity index (χ3n) is 15.1. The minimum Gasteiger partial charge on any atom is -0.325 e. The van der Waals surface area contributed by atoms with E-state index in [2.05, 4.69) is 45.4 Å². The Hall–Kier alpha value is -6.93. The highest BCUT2D eigenvalue weighted by Crippen LogP contribution is 2.40. The molecule has 6 atom stereocenters. The molecule has 3 fully saturated rings. The quantitative estimate of drug-likeness (QED) is 0.0667. The average molecular weight is 1450 g/mol. The van der Waals surface area contributed by atoms with Gasteiger partial charge in [0.25, 0.3) is 30.6 Å². The van der Waals surface area contributed by atoms with Crippen molar-refractivity contribution in [3.63, 3.8) is 0 Å². The molecule has 492 valence electrons. The number of carbonyl (C=O) groups is 3. The van der Waals surface area contributed by atoms with Crippen molar-refractivity contribution in [1.82, 2.24) is 56.4 Å². The average Bonchev–Trinajstić information content (AvgIpc) is 1.71. The van der Waals surface area contributed by atoms with E-state index in [1.807, 2.05) is 76.1 Å². The lowest BCUT2D eigenvalue weighted by Crippen LogP contribution is -2.55. The molecule has 3 amide bonds. The molecule has 6 N–H and O–H groups in total. The van der Waals surface area contributed by atoms with E-state index < -0.39 is 102 Å². The molecule has 3 aromatic carbocycles. The van der Waals surface area contributed by atoms with Crippen LogP contribution in [0.4, 0.5) is 30.2 Å². The number of rotatable bonds is 12. The molecule has 0 spiro atoms. The number of aromatic nitrogens is 6. The van der Waals surface area contributed by atoms with Gasteiger partial charge in [-0.2, -0.15) is 67.6 Å². The topological polar surface area (TPSA) is 289 Å². The van der Waals surface area contributed by atoms with E-state index in [1.54, 1.807) is 32.6 Å². The summed E-state index contributed by atoms with van der Waals surface area (Å²) in [7, 11) is -2.16. The first-order valence-corrected chi connectivity index (χ1v) is 35.6. The summed E-state index contributed by atoms with van der Waals surface area (Å²) in [5.41, 5.74) is 3.64. The van der Waals surface area contributed by atoms with Gasteiger partial charge in [0, 0.05) is 124 Å². The summed E-state index contributed by atoms with van der Waals surface area (Å²) in [6.45, 7) is 0. The number of hydrogen-bond donors (Lipinski definition) is 6. The molecule has 3 saturated heterocycles. The zero-order valence-electron chi connectivity index (χ0n) is 49.6. The molecule has 6 aromatic heterocycles. The first-order valence-electron chi connectivity index (χ1n) is 27.7. The molecule has 0 radical (unpaired) electrons. The van der Waals surface area contributed by atoms with E-state index in [1.165, 1.54) is 91.6 Å². The second-order valence-corrected chi connectivity index (χ2v) is 31.4. The molecule has 12 rings (SSSR count). The maximum absolute atomic E-state index is 13.4. The van der Waals surface area contributed by atoms with Gasteiger partial charge in [-0.3, -0.25) is 28.4 Å². The van der Waals surface area contributed by atoms with Gasteiger partial charge in [0.1, 0.15) is 35.6 Å². The molecule has 3 aliphatic heterocycles. The van der Waals surface area contributed by atoms with Gasteiger partial charge < -0.3 is 16.0 Å². The molecule has 3 aliphatic rings. The van der Waals surface area contributed by atoms with E-state index in [4.69, 9.17) is 34.8 Å². The first kappa shape index (κ1) is 68.9. The third kappa shape index (κ3) is 16.1. The maximum Gasteiger partial charge on any atom is 0.280 e. The van der Waals surface area contributed by atoms with E-state index in [0.717, 1.165) is 77.1 Å². The van der Waals surface area contributed by atoms with Crippen molar-refractivity contribution >= 4 is 134 Å². The Morgan fingerprint density at radius 1 is 0.441 bits per heavy atom. The third-order valence-corrected chi connectivity index (χ3v) is 24.5. The minimum atomic E-state index is -3.88. The summed E-state index contributed by atoms with van der Waals surface area (Å²) >= 11 is 21.6. The van der Waals surface area contributed by atoms with Crippen molar-refractivity contribution in [2.45, 2.75) is 55.5 Å². The van der Waals surface area contributed by atoms with Crippen LogP contribution in [0.2, 0.25) is 15.1 Å². The highest BCUT2D eigenvalue weighted by molar-refractivity contribution is 7.87. The predicted octanol–water partition coefficient (Wildman–Crippen LogP) is 9.48. The fraction of sp³-hybridized carbons (Fsp3) is 0.263. The molecule has 0 aliphatic carbocycles. The standard InChI is InChI=1S/3C19H19ClFN5O3S2/c3*1-25-10-11(9-22-25)17-5-6-18(30-17)15-8-16(26(2)31(28,29)24-15)19(27)23-12-3-4-14(21)13(20)7-12/h3*3-7,9-10,15-16,24H,8H2,1-2H3,(H,23,27)/t2*15-,16+;/m10./s1. The van der Waals surface area contributed by atoms with Crippen molar-refractivity contribution in [3.05, 3.63) is 175 Å². The summed E-state index contributed by atoms with van der Waals surface area (Å²) in [5, 5.41) is 19.9. The number of nitrogens with one attached hydrogen (secondary N) is 6. The van der Waals surface area contributed by atoms with Crippen LogP contribution in [0.15, 0.2) is 128 Å². The van der Waals surface area contributed by atoms with Crippen molar-refractivity contribution in [2.75, 3.05) is 37.1 Å². The van der Waals surface area contributed by atoms with Crippen LogP contribution in [0.1, 0.15) is 52.0 Å². The number of hydrogen-bond acceptors (Lipinski definition) is 15. The number of anilines is 3. The number of thiophene rings is 3. The maximum atomic E-state index is 13.4.